The van der Waals surface area contributed by atoms with Crippen LogP contribution in [0.1, 0.15) is 18.0 Å². The van der Waals surface area contributed by atoms with Crippen molar-refractivity contribution >= 4 is 11.8 Å². The Bertz CT molecular complexity index is 415. The van der Waals surface area contributed by atoms with Gasteiger partial charge in [0.05, 0.1) is 25.5 Å². The summed E-state index contributed by atoms with van der Waals surface area (Å²) >= 11 is 0. The topological polar surface area (TPSA) is 73.5 Å². The maximum Gasteiger partial charge on any atom is 0.222 e. The van der Waals surface area contributed by atoms with Crippen LogP contribution in [0.15, 0.2) is 6.07 Å². The van der Waals surface area contributed by atoms with Crippen molar-refractivity contribution in [2.24, 2.45) is 0 Å². The van der Waals surface area contributed by atoms with Crippen molar-refractivity contribution < 1.29 is 9.47 Å². The molecule has 2 aliphatic heterocycles. The lowest BCUT2D eigenvalue weighted by Gasteiger charge is -2.28. The molecule has 0 aliphatic carbocycles. The van der Waals surface area contributed by atoms with Gasteiger partial charge in [-0.1, -0.05) is 0 Å². The summed E-state index contributed by atoms with van der Waals surface area (Å²) in [6.45, 7) is 4.74. The van der Waals surface area contributed by atoms with E-state index in [1.807, 2.05) is 6.07 Å². The molecule has 6 nitrogen and oxygen atoms in total. The lowest BCUT2D eigenvalue weighted by molar-refractivity contribution is 0.122. The average Bonchev–Trinajstić information content (AvgIpc) is 2.93. The van der Waals surface area contributed by atoms with Crippen LogP contribution in [0.4, 0.5) is 11.8 Å². The summed E-state index contributed by atoms with van der Waals surface area (Å²) in [5, 5.41) is 0. The highest BCUT2D eigenvalue weighted by Gasteiger charge is 2.22. The number of aromatic nitrogens is 2. The smallest absolute Gasteiger partial charge is 0.222 e. The van der Waals surface area contributed by atoms with E-state index in [4.69, 9.17) is 15.2 Å². The van der Waals surface area contributed by atoms with Crippen LogP contribution in [0.2, 0.25) is 0 Å². The van der Waals surface area contributed by atoms with E-state index in [-0.39, 0.29) is 0 Å². The van der Waals surface area contributed by atoms with Gasteiger partial charge in [0.15, 0.2) is 0 Å². The highest BCUT2D eigenvalue weighted by atomic mass is 16.5. The second kappa shape index (κ2) is 5.07. The number of nitrogen functional groups attached to an aromatic ring is 1. The summed E-state index contributed by atoms with van der Waals surface area (Å²) < 4.78 is 10.7. The van der Waals surface area contributed by atoms with E-state index in [1.54, 1.807) is 0 Å². The largest absolute Gasteiger partial charge is 0.381 e. The highest BCUT2D eigenvalue weighted by molar-refractivity contribution is 5.44. The molecule has 2 aliphatic rings. The number of hydrogen-bond donors (Lipinski definition) is 1. The first kappa shape index (κ1) is 11.7. The number of nitrogens with two attached hydrogens (primary N) is 1. The van der Waals surface area contributed by atoms with E-state index in [0.29, 0.717) is 11.9 Å². The molecule has 2 N–H and O–H groups in total. The van der Waals surface area contributed by atoms with Crippen molar-refractivity contribution in [2.45, 2.75) is 12.3 Å². The third-order valence-corrected chi connectivity index (χ3v) is 3.43. The molecule has 0 amide bonds. The van der Waals surface area contributed by atoms with Gasteiger partial charge in [-0.05, 0) is 6.42 Å². The van der Waals surface area contributed by atoms with Crippen molar-refractivity contribution in [3.05, 3.63) is 11.8 Å². The van der Waals surface area contributed by atoms with Gasteiger partial charge in [-0.3, -0.25) is 0 Å². The molecule has 0 saturated carbocycles. The zero-order valence-corrected chi connectivity index (χ0v) is 10.3. The molecule has 6 heteroatoms. The Balaban J connectivity index is 1.84. The molecular weight excluding hydrogens is 232 g/mol. The molecule has 2 fully saturated rings. The minimum atomic E-state index is 0.348. The predicted octanol–water partition coefficient (Wildman–Crippen LogP) is 0.399. The van der Waals surface area contributed by atoms with Crippen LogP contribution in [0.3, 0.4) is 0 Å². The monoisotopic (exact) mass is 250 g/mol. The number of anilines is 2. The lowest BCUT2D eigenvalue weighted by Crippen LogP contribution is -2.37. The fraction of sp³-hybridized carbons (Fsp3) is 0.667. The maximum absolute atomic E-state index is 5.81. The first-order valence-electron chi connectivity index (χ1n) is 6.38. The Hall–Kier alpha value is -1.40. The number of hydrogen-bond acceptors (Lipinski definition) is 6. The Kier molecular flexibility index (Phi) is 3.29. The minimum Gasteiger partial charge on any atom is -0.381 e. The molecule has 1 aromatic rings. The Morgan fingerprint density at radius 2 is 2.00 bits per heavy atom. The normalized spacial score (nSPS) is 24.4. The molecule has 0 radical (unpaired) electrons. The standard InChI is InChI=1S/C12H18N4O2/c13-12-14-10(9-1-4-18-8-9)7-11(15-12)16-2-5-17-6-3-16/h7,9H,1-6,8H2,(H2,13,14,15)/t9-/m1/s1. The van der Waals surface area contributed by atoms with Crippen molar-refractivity contribution in [2.75, 3.05) is 50.2 Å². The first-order valence-corrected chi connectivity index (χ1v) is 6.38. The third kappa shape index (κ3) is 2.39. The zero-order valence-electron chi connectivity index (χ0n) is 10.3. The van der Waals surface area contributed by atoms with Crippen molar-refractivity contribution in [3.8, 4) is 0 Å². The molecular formula is C12H18N4O2. The average molecular weight is 250 g/mol. The molecule has 0 spiro atoms. The first-order chi connectivity index (χ1) is 8.83. The van der Waals surface area contributed by atoms with Crippen molar-refractivity contribution in [1.82, 2.24) is 9.97 Å². The van der Waals surface area contributed by atoms with E-state index < -0.39 is 0 Å². The molecule has 0 bridgehead atoms. The molecule has 1 aromatic heterocycles. The lowest BCUT2D eigenvalue weighted by atomic mass is 10.0. The molecule has 2 saturated heterocycles. The second-order valence-corrected chi connectivity index (χ2v) is 4.67. The molecule has 3 heterocycles. The fourth-order valence-corrected chi connectivity index (χ4v) is 2.40. The molecule has 0 aromatic carbocycles. The Morgan fingerprint density at radius 1 is 1.17 bits per heavy atom. The number of ether oxygens (including phenoxy) is 2. The summed E-state index contributed by atoms with van der Waals surface area (Å²) in [5.74, 6) is 1.61. The van der Waals surface area contributed by atoms with E-state index >= 15 is 0 Å². The molecule has 3 rings (SSSR count). The van der Waals surface area contributed by atoms with Crippen LogP contribution in [0.25, 0.3) is 0 Å². The maximum atomic E-state index is 5.81. The summed E-state index contributed by atoms with van der Waals surface area (Å²) in [6.07, 6.45) is 1.01. The zero-order chi connectivity index (χ0) is 12.4. The molecule has 18 heavy (non-hydrogen) atoms. The van der Waals surface area contributed by atoms with Gasteiger partial charge >= 0.3 is 0 Å². The summed E-state index contributed by atoms with van der Waals surface area (Å²) in [6, 6.07) is 2.04. The molecule has 1 atom stereocenters. The van der Waals surface area contributed by atoms with E-state index in [2.05, 4.69) is 14.9 Å². The van der Waals surface area contributed by atoms with Crippen molar-refractivity contribution in [1.29, 1.82) is 0 Å². The minimum absolute atomic E-state index is 0.348. The summed E-state index contributed by atoms with van der Waals surface area (Å²) in [4.78, 5) is 10.9. The van der Waals surface area contributed by atoms with Crippen LogP contribution < -0.4 is 10.6 Å². The fourth-order valence-electron chi connectivity index (χ4n) is 2.40. The quantitative estimate of drug-likeness (QED) is 0.819. The van der Waals surface area contributed by atoms with E-state index in [9.17, 15) is 0 Å². The predicted molar refractivity (Wildman–Crippen MR) is 67.7 cm³/mol. The van der Waals surface area contributed by atoms with Crippen LogP contribution >= 0.6 is 0 Å². The summed E-state index contributed by atoms with van der Waals surface area (Å²) in [7, 11) is 0. The summed E-state index contributed by atoms with van der Waals surface area (Å²) in [5.41, 5.74) is 6.81. The third-order valence-electron chi connectivity index (χ3n) is 3.43. The second-order valence-electron chi connectivity index (χ2n) is 4.67. The van der Waals surface area contributed by atoms with Crippen molar-refractivity contribution in [3.63, 3.8) is 0 Å². The van der Waals surface area contributed by atoms with Gasteiger partial charge in [0.25, 0.3) is 0 Å². The van der Waals surface area contributed by atoms with Gasteiger partial charge in [0.1, 0.15) is 5.82 Å². The highest BCUT2D eigenvalue weighted by Crippen LogP contribution is 2.26. The van der Waals surface area contributed by atoms with Gasteiger partial charge < -0.3 is 20.1 Å². The van der Waals surface area contributed by atoms with Crippen LogP contribution in [-0.4, -0.2) is 49.5 Å². The molecule has 98 valence electrons. The Labute approximate surface area is 106 Å². The van der Waals surface area contributed by atoms with Gasteiger partial charge in [-0.2, -0.15) is 4.98 Å². The molecule has 0 unspecified atom stereocenters. The van der Waals surface area contributed by atoms with Crippen LogP contribution in [0.5, 0.6) is 0 Å². The number of morpholine rings is 1. The number of nitrogens with zero attached hydrogens (tertiary/aromatic N) is 3. The van der Waals surface area contributed by atoms with Gasteiger partial charge in [-0.25, -0.2) is 4.98 Å². The number of rotatable bonds is 2. The van der Waals surface area contributed by atoms with E-state index in [0.717, 1.165) is 57.4 Å². The van der Waals surface area contributed by atoms with Gasteiger partial charge in [-0.15, -0.1) is 0 Å². The van der Waals surface area contributed by atoms with Gasteiger partial charge in [0, 0.05) is 31.7 Å². The Morgan fingerprint density at radius 3 is 2.72 bits per heavy atom. The van der Waals surface area contributed by atoms with Crippen LogP contribution in [0, 0.1) is 0 Å². The van der Waals surface area contributed by atoms with Crippen LogP contribution in [-0.2, 0) is 9.47 Å². The SMILES string of the molecule is Nc1nc([C@@H]2CCOC2)cc(N2CCOCC2)n1. The van der Waals surface area contributed by atoms with Gasteiger partial charge in [0.2, 0.25) is 5.95 Å². The van der Waals surface area contributed by atoms with E-state index in [1.165, 1.54) is 0 Å².